The van der Waals surface area contributed by atoms with Gasteiger partial charge in [-0.1, -0.05) is 104 Å². The predicted molar refractivity (Wildman–Crippen MR) is 105 cm³/mol. The first-order valence-corrected chi connectivity index (χ1v) is 10.9. The highest BCUT2D eigenvalue weighted by atomic mass is 16.5. The van der Waals surface area contributed by atoms with Crippen molar-refractivity contribution in [3.05, 3.63) is 0 Å². The van der Waals surface area contributed by atoms with Crippen LogP contribution in [0.5, 0.6) is 0 Å². The van der Waals surface area contributed by atoms with Gasteiger partial charge in [-0.05, 0) is 19.8 Å². The molecule has 0 aliphatic rings. The molecule has 0 bridgehead atoms. The van der Waals surface area contributed by atoms with Crippen molar-refractivity contribution in [3.63, 3.8) is 0 Å². The number of hydrogen-bond acceptors (Lipinski definition) is 2. The Bertz CT molecular complexity index is 263. The summed E-state index contributed by atoms with van der Waals surface area (Å²) in [5.74, 6) is 0.00155. The van der Waals surface area contributed by atoms with Crippen LogP contribution in [0.4, 0.5) is 0 Å². The number of ether oxygens (including phenoxy) is 1. The molecule has 0 aromatic rings. The van der Waals surface area contributed by atoms with Crippen molar-refractivity contribution in [2.45, 2.75) is 136 Å². The van der Waals surface area contributed by atoms with Gasteiger partial charge < -0.3 is 4.74 Å². The fourth-order valence-corrected chi connectivity index (χ4v) is 3.12. The Kier molecular flexibility index (Phi) is 18.4. The van der Waals surface area contributed by atoms with E-state index in [1.165, 1.54) is 83.5 Å². The van der Waals surface area contributed by atoms with Crippen LogP contribution in [0, 0.1) is 0 Å². The van der Waals surface area contributed by atoms with Crippen molar-refractivity contribution < 1.29 is 9.53 Å². The first-order valence-electron chi connectivity index (χ1n) is 10.9. The van der Waals surface area contributed by atoms with Gasteiger partial charge >= 0.3 is 5.97 Å². The van der Waals surface area contributed by atoms with Crippen LogP contribution < -0.4 is 0 Å². The SMILES string of the molecule is CCCCCCCCCCCCCCCC(=O)O[C@@H](C)CCCC. The molecule has 0 amide bonds. The molecule has 0 radical (unpaired) electrons. The molecule has 0 rings (SSSR count). The maximum Gasteiger partial charge on any atom is 0.306 e. The number of rotatable bonds is 18. The lowest BCUT2D eigenvalue weighted by molar-refractivity contribution is -0.148. The monoisotopic (exact) mass is 340 g/mol. The van der Waals surface area contributed by atoms with Crippen LogP contribution in [-0.4, -0.2) is 12.1 Å². The molecule has 0 saturated carbocycles. The lowest BCUT2D eigenvalue weighted by Crippen LogP contribution is -2.14. The molecule has 24 heavy (non-hydrogen) atoms. The Morgan fingerprint density at radius 1 is 0.667 bits per heavy atom. The highest BCUT2D eigenvalue weighted by Crippen LogP contribution is 2.13. The van der Waals surface area contributed by atoms with E-state index in [1.807, 2.05) is 6.92 Å². The lowest BCUT2D eigenvalue weighted by atomic mass is 10.0. The van der Waals surface area contributed by atoms with Gasteiger partial charge in [-0.25, -0.2) is 0 Å². The molecule has 0 spiro atoms. The molecule has 0 aromatic heterocycles. The van der Waals surface area contributed by atoms with Crippen molar-refractivity contribution in [2.24, 2.45) is 0 Å². The van der Waals surface area contributed by atoms with Gasteiger partial charge in [0.15, 0.2) is 0 Å². The van der Waals surface area contributed by atoms with Crippen LogP contribution in [0.1, 0.15) is 130 Å². The zero-order valence-electron chi connectivity index (χ0n) is 16.9. The summed E-state index contributed by atoms with van der Waals surface area (Å²) in [6.45, 7) is 6.45. The lowest BCUT2D eigenvalue weighted by Gasteiger charge is -2.12. The Balaban J connectivity index is 3.20. The maximum absolute atomic E-state index is 11.7. The number of esters is 1. The maximum atomic E-state index is 11.7. The first-order chi connectivity index (χ1) is 11.7. The predicted octanol–water partition coefficient (Wildman–Crippen LogP) is 7.59. The molecule has 0 aliphatic carbocycles. The first kappa shape index (κ1) is 23.5. The molecule has 0 heterocycles. The van der Waals surface area contributed by atoms with Crippen LogP contribution >= 0.6 is 0 Å². The third-order valence-corrected chi connectivity index (χ3v) is 4.78. The molecule has 2 nitrogen and oxygen atoms in total. The zero-order chi connectivity index (χ0) is 17.9. The van der Waals surface area contributed by atoms with Crippen LogP contribution in [0.3, 0.4) is 0 Å². The smallest absolute Gasteiger partial charge is 0.306 e. The Hall–Kier alpha value is -0.530. The standard InChI is InChI=1S/C22H44O2/c1-4-6-8-9-10-11-12-13-14-15-16-17-18-20-22(23)24-21(3)19-7-5-2/h21H,4-20H2,1-3H3/t21-/m0/s1. The summed E-state index contributed by atoms with van der Waals surface area (Å²) in [7, 11) is 0. The van der Waals surface area contributed by atoms with E-state index in [1.54, 1.807) is 0 Å². The van der Waals surface area contributed by atoms with Crippen molar-refractivity contribution in [2.75, 3.05) is 0 Å². The number of hydrogen-bond donors (Lipinski definition) is 0. The van der Waals surface area contributed by atoms with Gasteiger partial charge in [0, 0.05) is 6.42 Å². The molecule has 2 heteroatoms. The average Bonchev–Trinajstić information content (AvgIpc) is 2.57. The Morgan fingerprint density at radius 2 is 1.08 bits per heavy atom. The largest absolute Gasteiger partial charge is 0.463 e. The molecular formula is C22H44O2. The minimum Gasteiger partial charge on any atom is -0.463 e. The van der Waals surface area contributed by atoms with E-state index < -0.39 is 0 Å². The van der Waals surface area contributed by atoms with Gasteiger partial charge in [0.1, 0.15) is 0 Å². The molecule has 144 valence electrons. The van der Waals surface area contributed by atoms with Gasteiger partial charge in [0.05, 0.1) is 6.10 Å². The number of carbonyl (C=O) groups is 1. The van der Waals surface area contributed by atoms with Gasteiger partial charge in [-0.15, -0.1) is 0 Å². The van der Waals surface area contributed by atoms with Crippen molar-refractivity contribution >= 4 is 5.97 Å². The summed E-state index contributed by atoms with van der Waals surface area (Å²) >= 11 is 0. The summed E-state index contributed by atoms with van der Waals surface area (Å²) < 4.78 is 5.42. The van der Waals surface area contributed by atoms with Gasteiger partial charge in [0.2, 0.25) is 0 Å². The van der Waals surface area contributed by atoms with E-state index in [-0.39, 0.29) is 12.1 Å². The second-order valence-electron chi connectivity index (χ2n) is 7.44. The van der Waals surface area contributed by atoms with E-state index >= 15 is 0 Å². The molecule has 0 N–H and O–H groups in total. The Morgan fingerprint density at radius 3 is 1.54 bits per heavy atom. The van der Waals surface area contributed by atoms with Crippen molar-refractivity contribution in [1.82, 2.24) is 0 Å². The number of carbonyl (C=O) groups excluding carboxylic acids is 1. The van der Waals surface area contributed by atoms with Crippen LogP contribution in [0.2, 0.25) is 0 Å². The summed E-state index contributed by atoms with van der Waals surface area (Å²) in [4.78, 5) is 11.7. The molecule has 0 aliphatic heterocycles. The zero-order valence-corrected chi connectivity index (χ0v) is 16.9. The average molecular weight is 341 g/mol. The van der Waals surface area contributed by atoms with Gasteiger partial charge in [0.25, 0.3) is 0 Å². The quantitative estimate of drug-likeness (QED) is 0.190. The van der Waals surface area contributed by atoms with Gasteiger partial charge in [-0.2, -0.15) is 0 Å². The molecule has 0 unspecified atom stereocenters. The minimum atomic E-state index is 0.00155. The minimum absolute atomic E-state index is 0.00155. The summed E-state index contributed by atoms with van der Waals surface area (Å²) in [6, 6.07) is 0. The van der Waals surface area contributed by atoms with Crippen LogP contribution in [-0.2, 0) is 9.53 Å². The molecule has 0 aromatic carbocycles. The summed E-state index contributed by atoms with van der Waals surface area (Å²) in [5, 5.41) is 0. The highest BCUT2D eigenvalue weighted by Gasteiger charge is 2.08. The van der Waals surface area contributed by atoms with Crippen LogP contribution in [0.25, 0.3) is 0 Å². The van der Waals surface area contributed by atoms with Crippen LogP contribution in [0.15, 0.2) is 0 Å². The Labute approximate surface area is 152 Å². The highest BCUT2D eigenvalue weighted by molar-refractivity contribution is 5.69. The van der Waals surface area contributed by atoms with E-state index in [0.29, 0.717) is 6.42 Å². The fourth-order valence-electron chi connectivity index (χ4n) is 3.12. The molecule has 0 fully saturated rings. The summed E-state index contributed by atoms with van der Waals surface area (Å²) in [6.07, 6.45) is 21.4. The third kappa shape index (κ3) is 17.8. The second kappa shape index (κ2) is 18.8. The molecule has 0 saturated heterocycles. The van der Waals surface area contributed by atoms with Gasteiger partial charge in [-0.3, -0.25) is 4.79 Å². The fraction of sp³-hybridized carbons (Fsp3) is 0.955. The molecule has 1 atom stereocenters. The van der Waals surface area contributed by atoms with E-state index in [0.717, 1.165) is 19.3 Å². The van der Waals surface area contributed by atoms with E-state index in [4.69, 9.17) is 4.74 Å². The van der Waals surface area contributed by atoms with E-state index in [2.05, 4.69) is 13.8 Å². The van der Waals surface area contributed by atoms with Crippen molar-refractivity contribution in [1.29, 1.82) is 0 Å². The van der Waals surface area contributed by atoms with E-state index in [9.17, 15) is 4.79 Å². The number of unbranched alkanes of at least 4 members (excludes halogenated alkanes) is 13. The third-order valence-electron chi connectivity index (χ3n) is 4.78. The normalized spacial score (nSPS) is 12.3. The molecular weight excluding hydrogens is 296 g/mol. The second-order valence-corrected chi connectivity index (χ2v) is 7.44. The topological polar surface area (TPSA) is 26.3 Å². The van der Waals surface area contributed by atoms with Crippen molar-refractivity contribution in [3.8, 4) is 0 Å². The summed E-state index contributed by atoms with van der Waals surface area (Å²) in [5.41, 5.74) is 0.